The minimum atomic E-state index is -0.801. The van der Waals surface area contributed by atoms with Gasteiger partial charge in [-0.2, -0.15) is 0 Å². The van der Waals surface area contributed by atoms with E-state index in [-0.39, 0.29) is 12.2 Å². The number of para-hydroxylation sites is 1. The van der Waals surface area contributed by atoms with Gasteiger partial charge in [-0.3, -0.25) is 9.36 Å². The molecule has 218 valence electrons. The van der Waals surface area contributed by atoms with Crippen molar-refractivity contribution in [2.75, 3.05) is 13.7 Å². The molecule has 44 heavy (non-hydrogen) atoms. The maximum Gasteiger partial charge on any atom is 0.338 e. The summed E-state index contributed by atoms with van der Waals surface area (Å²) in [6, 6.07) is 29.1. The molecule has 0 unspecified atom stereocenters. The molecule has 6 aromatic rings. The van der Waals surface area contributed by atoms with E-state index in [0.29, 0.717) is 31.9 Å². The van der Waals surface area contributed by atoms with E-state index in [1.807, 2.05) is 97.1 Å². The number of esters is 1. The van der Waals surface area contributed by atoms with Crippen LogP contribution in [0.1, 0.15) is 31.0 Å². The fourth-order valence-electron chi connectivity index (χ4n) is 6.08. The van der Waals surface area contributed by atoms with Crippen LogP contribution in [0.3, 0.4) is 0 Å². The van der Waals surface area contributed by atoms with Gasteiger partial charge in [0.05, 0.1) is 35.2 Å². The van der Waals surface area contributed by atoms with Crippen molar-refractivity contribution in [1.29, 1.82) is 0 Å². The number of H-pyrrole nitrogens is 1. The fraction of sp³-hybridized carbons (Fsp3) is 0.139. The summed E-state index contributed by atoms with van der Waals surface area (Å²) >= 11 is 1.31. The lowest BCUT2D eigenvalue weighted by molar-refractivity contribution is -0.139. The Morgan fingerprint density at radius 3 is 2.48 bits per heavy atom. The second-order valence-electron chi connectivity index (χ2n) is 10.5. The van der Waals surface area contributed by atoms with Crippen molar-refractivity contribution in [3.63, 3.8) is 0 Å². The van der Waals surface area contributed by atoms with Gasteiger partial charge in [0, 0.05) is 22.0 Å². The van der Waals surface area contributed by atoms with Crippen LogP contribution < -0.4 is 19.6 Å². The molecule has 7 nitrogen and oxygen atoms in total. The molecule has 8 heteroatoms. The van der Waals surface area contributed by atoms with E-state index >= 15 is 0 Å². The Morgan fingerprint density at radius 1 is 0.977 bits per heavy atom. The molecule has 0 amide bonds. The lowest BCUT2D eigenvalue weighted by atomic mass is 9.90. The van der Waals surface area contributed by atoms with Crippen LogP contribution in [0.15, 0.2) is 112 Å². The van der Waals surface area contributed by atoms with Gasteiger partial charge in [-0.25, -0.2) is 9.79 Å². The van der Waals surface area contributed by atoms with Gasteiger partial charge < -0.3 is 14.5 Å². The van der Waals surface area contributed by atoms with Gasteiger partial charge in [0.25, 0.3) is 5.56 Å². The van der Waals surface area contributed by atoms with E-state index in [9.17, 15) is 9.59 Å². The molecule has 1 atom stereocenters. The monoisotopic (exact) mass is 599 g/mol. The number of ether oxygens (including phenoxy) is 2. The first-order valence-corrected chi connectivity index (χ1v) is 15.2. The van der Waals surface area contributed by atoms with Gasteiger partial charge in [0.2, 0.25) is 0 Å². The Kier molecular flexibility index (Phi) is 6.98. The Balaban J connectivity index is 1.54. The topological polar surface area (TPSA) is 85.7 Å². The van der Waals surface area contributed by atoms with Gasteiger partial charge >= 0.3 is 5.97 Å². The molecule has 1 aliphatic heterocycles. The van der Waals surface area contributed by atoms with Crippen molar-refractivity contribution in [3.8, 4) is 17.0 Å². The average molecular weight is 600 g/mol. The number of rotatable bonds is 6. The Bertz CT molecular complexity index is 2290. The summed E-state index contributed by atoms with van der Waals surface area (Å²) in [5, 5.41) is 2.85. The van der Waals surface area contributed by atoms with Gasteiger partial charge in [-0.1, -0.05) is 90.2 Å². The third-order valence-electron chi connectivity index (χ3n) is 8.03. The molecule has 2 aromatic heterocycles. The van der Waals surface area contributed by atoms with Crippen LogP contribution >= 0.6 is 11.3 Å². The Labute approximate surface area is 257 Å². The quantitative estimate of drug-likeness (QED) is 0.234. The Hall–Kier alpha value is -5.21. The number of hydrogen-bond acceptors (Lipinski definition) is 6. The molecular weight excluding hydrogens is 570 g/mol. The van der Waals surface area contributed by atoms with Crippen LogP contribution in [-0.2, 0) is 9.53 Å². The highest BCUT2D eigenvalue weighted by Crippen LogP contribution is 2.40. The highest BCUT2D eigenvalue weighted by molar-refractivity contribution is 7.07. The molecule has 4 aromatic carbocycles. The van der Waals surface area contributed by atoms with Gasteiger partial charge in [0.1, 0.15) is 11.8 Å². The zero-order valence-electron chi connectivity index (χ0n) is 24.5. The molecule has 0 spiro atoms. The molecule has 0 fully saturated rings. The Morgan fingerprint density at radius 2 is 1.70 bits per heavy atom. The lowest BCUT2D eigenvalue weighted by Gasteiger charge is -2.27. The number of aromatic nitrogens is 2. The van der Waals surface area contributed by atoms with Crippen LogP contribution in [0, 0.1) is 0 Å². The zero-order chi connectivity index (χ0) is 30.4. The van der Waals surface area contributed by atoms with Crippen molar-refractivity contribution in [2.24, 2.45) is 4.99 Å². The number of fused-ring (bicyclic) bond motifs is 3. The summed E-state index contributed by atoms with van der Waals surface area (Å²) in [6.07, 6.45) is 1.94. The number of benzene rings is 4. The number of thiazole rings is 1. The van der Waals surface area contributed by atoms with E-state index in [2.05, 4.69) is 4.98 Å². The molecule has 0 radical (unpaired) electrons. The maximum atomic E-state index is 14.5. The first kappa shape index (κ1) is 27.6. The van der Waals surface area contributed by atoms with E-state index in [1.165, 1.54) is 11.3 Å². The van der Waals surface area contributed by atoms with Gasteiger partial charge in [-0.15, -0.1) is 0 Å². The predicted molar refractivity (Wildman–Crippen MR) is 175 cm³/mol. The number of hydrogen-bond donors (Lipinski definition) is 1. The largest absolute Gasteiger partial charge is 0.496 e. The van der Waals surface area contributed by atoms with Crippen molar-refractivity contribution >= 4 is 45.1 Å². The molecule has 1 aliphatic rings. The molecule has 3 heterocycles. The van der Waals surface area contributed by atoms with E-state index in [4.69, 9.17) is 14.5 Å². The number of allylic oxidation sites excluding steroid dienone is 1. The van der Waals surface area contributed by atoms with E-state index in [0.717, 1.165) is 38.5 Å². The van der Waals surface area contributed by atoms with Crippen molar-refractivity contribution in [2.45, 2.75) is 19.9 Å². The van der Waals surface area contributed by atoms with E-state index in [1.54, 1.807) is 25.5 Å². The minimum absolute atomic E-state index is 0.197. The molecule has 0 aliphatic carbocycles. The highest BCUT2D eigenvalue weighted by atomic mass is 32.1. The van der Waals surface area contributed by atoms with Crippen LogP contribution in [-0.4, -0.2) is 29.2 Å². The third-order valence-corrected chi connectivity index (χ3v) is 9.01. The maximum absolute atomic E-state index is 14.5. The second kappa shape index (κ2) is 11.1. The highest BCUT2D eigenvalue weighted by Gasteiger charge is 2.36. The molecule has 1 N–H and O–H groups in total. The first-order chi connectivity index (χ1) is 21.5. The van der Waals surface area contributed by atoms with Crippen molar-refractivity contribution in [3.05, 3.63) is 133 Å². The number of aromatic amines is 1. The lowest BCUT2D eigenvalue weighted by Crippen LogP contribution is -2.40. The summed E-state index contributed by atoms with van der Waals surface area (Å²) in [5.41, 5.74) is 5.13. The molecule has 0 saturated heterocycles. The average Bonchev–Trinajstić information content (AvgIpc) is 3.57. The summed E-state index contributed by atoms with van der Waals surface area (Å²) in [4.78, 5) is 36.9. The minimum Gasteiger partial charge on any atom is -0.496 e. The molecule has 7 rings (SSSR count). The van der Waals surface area contributed by atoms with Crippen LogP contribution in [0.25, 0.3) is 39.0 Å². The van der Waals surface area contributed by atoms with Gasteiger partial charge in [-0.05, 0) is 48.4 Å². The van der Waals surface area contributed by atoms with Crippen molar-refractivity contribution < 1.29 is 14.3 Å². The van der Waals surface area contributed by atoms with Gasteiger partial charge in [0.15, 0.2) is 4.80 Å². The molecule has 0 saturated carbocycles. The summed E-state index contributed by atoms with van der Waals surface area (Å²) < 4.78 is 13.5. The summed E-state index contributed by atoms with van der Waals surface area (Å²) in [6.45, 7) is 3.76. The second-order valence-corrected chi connectivity index (χ2v) is 11.5. The number of carbonyl (C=O) groups is 1. The first-order valence-electron chi connectivity index (χ1n) is 14.4. The number of carbonyl (C=O) groups excluding carboxylic acids is 1. The molecular formula is C36H29N3O4S. The van der Waals surface area contributed by atoms with Crippen LogP contribution in [0.2, 0.25) is 0 Å². The number of methoxy groups -OCH3 is 1. The zero-order valence-corrected chi connectivity index (χ0v) is 25.3. The van der Waals surface area contributed by atoms with Crippen LogP contribution in [0.5, 0.6) is 5.75 Å². The number of nitrogens with zero attached hydrogens (tertiary/aromatic N) is 2. The summed E-state index contributed by atoms with van der Waals surface area (Å²) in [7, 11) is 1.60. The summed E-state index contributed by atoms with van der Waals surface area (Å²) in [5.74, 6) is 0.0637. The molecule has 0 bridgehead atoms. The number of nitrogens with one attached hydrogen (secondary N) is 1. The fourth-order valence-corrected chi connectivity index (χ4v) is 7.11. The van der Waals surface area contributed by atoms with E-state index < -0.39 is 12.0 Å². The predicted octanol–water partition coefficient (Wildman–Crippen LogP) is 6.11. The SMILES string of the molecule is CCOC(=O)C1=C(C)N=c2s/c(=C/c3c(-c4ccccc4)[nH]c4ccccc34)c(=O)n2[C@@H]1c1c(OC)ccc2ccccc12. The smallest absolute Gasteiger partial charge is 0.338 e. The normalized spacial score (nSPS) is 15.0. The standard InChI is InChI=1S/C36H29N3O4S/c1-4-43-35(41)30-21(2)37-36-39(33(30)31-24-15-9-8-12-22(24)18-19-28(31)42-3)34(40)29(44-36)20-26-25-16-10-11-17-27(25)38-32(26)23-13-6-5-7-14-23/h5-20,33,38H,4H2,1-3H3/b29-20+/t33-/m0/s1. The third kappa shape index (κ3) is 4.46. The van der Waals surface area contributed by atoms with Crippen molar-refractivity contribution in [1.82, 2.24) is 9.55 Å². The van der Waals surface area contributed by atoms with Crippen LogP contribution in [0.4, 0.5) is 0 Å².